The highest BCUT2D eigenvalue weighted by Gasteiger charge is 2.48. The SMILES string of the molecule is CSN1CCC(C2=CC3=NCC(C(=O)Nc4cc(-c5noc(C6CC(F)(F)C6)n5)ccc4C)N3C=C2)CC1. The minimum absolute atomic E-state index is 0.149. The fourth-order valence-electron chi connectivity index (χ4n) is 5.47. The minimum atomic E-state index is -2.66. The van der Waals surface area contributed by atoms with E-state index in [9.17, 15) is 13.6 Å². The largest absolute Gasteiger partial charge is 0.339 e. The zero-order valence-electron chi connectivity index (χ0n) is 21.4. The first kappa shape index (κ1) is 25.2. The molecule has 4 heterocycles. The summed E-state index contributed by atoms with van der Waals surface area (Å²) in [6.07, 6.45) is 10.1. The molecule has 0 radical (unpaired) electrons. The number of alkyl halides is 2. The zero-order chi connectivity index (χ0) is 26.4. The lowest BCUT2D eigenvalue weighted by Gasteiger charge is -2.33. The van der Waals surface area contributed by atoms with Crippen molar-refractivity contribution in [3.63, 3.8) is 0 Å². The Kier molecular flexibility index (Phi) is 6.59. The molecule has 2 fully saturated rings. The third-order valence-corrected chi connectivity index (χ3v) is 8.75. The van der Waals surface area contributed by atoms with Crippen LogP contribution in [0, 0.1) is 12.8 Å². The fourth-order valence-corrected chi connectivity index (χ4v) is 6.05. The number of aryl methyl sites for hydroxylation is 1. The highest BCUT2D eigenvalue weighted by Crippen LogP contribution is 2.48. The van der Waals surface area contributed by atoms with E-state index in [2.05, 4.69) is 43.2 Å². The fraction of sp³-hybridized carbons (Fsp3) is 0.481. The van der Waals surface area contributed by atoms with Gasteiger partial charge in [0.25, 0.3) is 0 Å². The average molecular weight is 541 g/mol. The van der Waals surface area contributed by atoms with Crippen LogP contribution in [0.4, 0.5) is 14.5 Å². The molecule has 0 bridgehead atoms. The average Bonchev–Trinajstić information content (AvgIpc) is 3.56. The van der Waals surface area contributed by atoms with Crippen LogP contribution in [0.3, 0.4) is 0 Å². The van der Waals surface area contributed by atoms with Crippen LogP contribution in [-0.2, 0) is 4.79 Å². The van der Waals surface area contributed by atoms with Crippen LogP contribution in [0.2, 0.25) is 0 Å². The van der Waals surface area contributed by atoms with Crippen molar-refractivity contribution in [2.75, 3.05) is 31.2 Å². The number of hydrogen-bond acceptors (Lipinski definition) is 8. The van der Waals surface area contributed by atoms with Crippen LogP contribution >= 0.6 is 11.9 Å². The van der Waals surface area contributed by atoms with Crippen LogP contribution in [-0.4, -0.2) is 68.9 Å². The van der Waals surface area contributed by atoms with Gasteiger partial charge in [-0.05, 0) is 61.3 Å². The Bertz CT molecular complexity index is 1320. The molecule has 1 saturated carbocycles. The normalized spacial score (nSPS) is 23.6. The van der Waals surface area contributed by atoms with Crippen LogP contribution in [0.15, 0.2) is 51.6 Å². The van der Waals surface area contributed by atoms with E-state index < -0.39 is 17.9 Å². The summed E-state index contributed by atoms with van der Waals surface area (Å²) in [4.78, 5) is 24.2. The number of fused-ring (bicyclic) bond motifs is 1. The van der Waals surface area contributed by atoms with E-state index in [4.69, 9.17) is 4.52 Å². The van der Waals surface area contributed by atoms with E-state index in [1.54, 1.807) is 18.0 Å². The molecule has 11 heteroatoms. The van der Waals surface area contributed by atoms with Crippen molar-refractivity contribution in [1.29, 1.82) is 0 Å². The second-order valence-electron chi connectivity index (χ2n) is 10.4. The molecule has 1 amide bonds. The molecule has 8 nitrogen and oxygen atoms in total. The summed E-state index contributed by atoms with van der Waals surface area (Å²) < 4.78 is 34.1. The molecule has 38 heavy (non-hydrogen) atoms. The number of anilines is 1. The quantitative estimate of drug-likeness (QED) is 0.515. The van der Waals surface area contributed by atoms with Gasteiger partial charge in [-0.3, -0.25) is 14.1 Å². The molecule has 0 spiro atoms. The van der Waals surface area contributed by atoms with E-state index in [1.165, 1.54) is 5.57 Å². The van der Waals surface area contributed by atoms with E-state index in [0.717, 1.165) is 37.3 Å². The number of piperidine rings is 1. The summed E-state index contributed by atoms with van der Waals surface area (Å²) in [7, 11) is 0. The Hall–Kier alpha value is -3.05. The number of aliphatic imine (C=N–C) groups is 1. The van der Waals surface area contributed by atoms with E-state index in [0.29, 0.717) is 29.5 Å². The number of benzene rings is 1. The molecule has 2 aromatic rings. The highest BCUT2D eigenvalue weighted by atomic mass is 32.2. The second kappa shape index (κ2) is 9.92. The standard InChI is InChI=1S/C27H30F2N6O2S/c1-16-3-4-19(24-32-26(37-33-24)20-13-27(28,29)14-20)11-21(16)31-25(36)22-15-30-23-12-18(7-10-35(22)23)17-5-8-34(38-2)9-6-17/h3-4,7,10-12,17,20,22H,5-6,8-9,13-15H2,1-2H3,(H,31,36). The van der Waals surface area contributed by atoms with Gasteiger partial charge >= 0.3 is 0 Å². The van der Waals surface area contributed by atoms with Crippen LogP contribution in [0.25, 0.3) is 11.4 Å². The number of nitrogens with one attached hydrogen (secondary N) is 1. The maximum Gasteiger partial charge on any atom is 0.249 e. The molecule has 3 aliphatic heterocycles. The summed E-state index contributed by atoms with van der Waals surface area (Å²) in [6, 6.07) is 5.05. The number of amides is 1. The van der Waals surface area contributed by atoms with Crippen molar-refractivity contribution in [3.05, 3.63) is 53.6 Å². The molecule has 1 aromatic heterocycles. The van der Waals surface area contributed by atoms with Gasteiger partial charge in [-0.25, -0.2) is 8.78 Å². The molecular formula is C27H30F2N6O2S. The summed E-state index contributed by atoms with van der Waals surface area (Å²) >= 11 is 1.80. The molecule has 4 aliphatic rings. The Morgan fingerprint density at radius 2 is 2.00 bits per heavy atom. The summed E-state index contributed by atoms with van der Waals surface area (Å²) in [6.45, 7) is 4.46. The third kappa shape index (κ3) is 4.89. The van der Waals surface area contributed by atoms with Gasteiger partial charge in [0.15, 0.2) is 0 Å². The first-order chi connectivity index (χ1) is 18.3. The van der Waals surface area contributed by atoms with E-state index in [1.807, 2.05) is 30.2 Å². The molecule has 1 unspecified atom stereocenters. The summed E-state index contributed by atoms with van der Waals surface area (Å²) in [5, 5.41) is 7.03. The number of amidine groups is 1. The Labute approximate surface area is 224 Å². The van der Waals surface area contributed by atoms with Gasteiger partial charge < -0.3 is 14.7 Å². The van der Waals surface area contributed by atoms with Gasteiger partial charge in [-0.15, -0.1) is 0 Å². The number of aromatic nitrogens is 2. The first-order valence-electron chi connectivity index (χ1n) is 12.9. The van der Waals surface area contributed by atoms with Crippen molar-refractivity contribution >= 4 is 29.4 Å². The van der Waals surface area contributed by atoms with Gasteiger partial charge in [0, 0.05) is 49.3 Å². The number of carbonyl (C=O) groups is 1. The topological polar surface area (TPSA) is 86.9 Å². The first-order valence-corrected chi connectivity index (χ1v) is 14.1. The third-order valence-electron chi connectivity index (χ3n) is 7.87. The number of halogens is 2. The van der Waals surface area contributed by atoms with Crippen molar-refractivity contribution in [2.45, 2.75) is 50.5 Å². The van der Waals surface area contributed by atoms with Crippen molar-refractivity contribution in [1.82, 2.24) is 19.3 Å². The van der Waals surface area contributed by atoms with Crippen LogP contribution in [0.5, 0.6) is 0 Å². The maximum atomic E-state index is 13.3. The highest BCUT2D eigenvalue weighted by molar-refractivity contribution is 7.96. The van der Waals surface area contributed by atoms with Crippen molar-refractivity contribution in [3.8, 4) is 11.4 Å². The Balaban J connectivity index is 1.11. The van der Waals surface area contributed by atoms with Crippen molar-refractivity contribution in [2.24, 2.45) is 10.9 Å². The lowest BCUT2D eigenvalue weighted by atomic mass is 9.81. The van der Waals surface area contributed by atoms with Gasteiger partial charge in [-0.2, -0.15) is 4.98 Å². The molecule has 1 N–H and O–H groups in total. The molecule has 6 rings (SSSR count). The van der Waals surface area contributed by atoms with Gasteiger partial charge in [-0.1, -0.05) is 29.2 Å². The molecule has 1 aromatic carbocycles. The Morgan fingerprint density at radius 3 is 2.74 bits per heavy atom. The monoisotopic (exact) mass is 540 g/mol. The number of hydrogen-bond donors (Lipinski definition) is 1. The molecule has 200 valence electrons. The predicted molar refractivity (Wildman–Crippen MR) is 143 cm³/mol. The van der Waals surface area contributed by atoms with Gasteiger partial charge in [0.2, 0.25) is 23.5 Å². The van der Waals surface area contributed by atoms with E-state index in [-0.39, 0.29) is 24.6 Å². The summed E-state index contributed by atoms with van der Waals surface area (Å²) in [5.41, 5.74) is 3.46. The number of rotatable bonds is 6. The molecule has 1 aliphatic carbocycles. The zero-order valence-corrected chi connectivity index (χ0v) is 22.2. The number of carbonyl (C=O) groups excluding carboxylic acids is 1. The minimum Gasteiger partial charge on any atom is -0.339 e. The maximum absolute atomic E-state index is 13.3. The van der Waals surface area contributed by atoms with Crippen LogP contribution < -0.4 is 5.32 Å². The number of nitrogens with zero attached hydrogens (tertiary/aromatic N) is 5. The number of allylic oxidation sites excluding steroid dienone is 2. The molecule has 1 saturated heterocycles. The predicted octanol–water partition coefficient (Wildman–Crippen LogP) is 5.02. The second-order valence-corrected chi connectivity index (χ2v) is 11.3. The van der Waals surface area contributed by atoms with Crippen LogP contribution in [0.1, 0.15) is 43.1 Å². The summed E-state index contributed by atoms with van der Waals surface area (Å²) in [5.74, 6) is -1.32. The lowest BCUT2D eigenvalue weighted by molar-refractivity contribution is -0.118. The smallest absolute Gasteiger partial charge is 0.249 e. The molecule has 1 atom stereocenters. The van der Waals surface area contributed by atoms with Gasteiger partial charge in [0.1, 0.15) is 11.9 Å². The lowest BCUT2D eigenvalue weighted by Crippen LogP contribution is -2.42. The van der Waals surface area contributed by atoms with Crippen molar-refractivity contribution < 1.29 is 18.1 Å². The Morgan fingerprint density at radius 1 is 1.21 bits per heavy atom. The van der Waals surface area contributed by atoms with Gasteiger partial charge in [0.05, 0.1) is 6.54 Å². The molecular weight excluding hydrogens is 510 g/mol. The van der Waals surface area contributed by atoms with E-state index >= 15 is 0 Å².